The van der Waals surface area contributed by atoms with Gasteiger partial charge in [-0.2, -0.15) is 0 Å². The molecular weight excluding hydrogens is 293 g/mol. The fourth-order valence-corrected chi connectivity index (χ4v) is 2.06. The maximum Gasteiger partial charge on any atom is 0.255 e. The smallest absolute Gasteiger partial charge is 0.255 e. The highest BCUT2D eigenvalue weighted by atomic mass is 35.5. The third-order valence-electron chi connectivity index (χ3n) is 3.15. The minimum atomic E-state index is -0.341. The first kappa shape index (κ1) is 15.3. The van der Waals surface area contributed by atoms with E-state index in [1.807, 2.05) is 6.92 Å². The van der Waals surface area contributed by atoms with E-state index in [4.69, 9.17) is 16.3 Å². The molecule has 0 atom stereocenters. The molecule has 0 spiro atoms. The number of halogens is 2. The lowest BCUT2D eigenvalue weighted by molar-refractivity contribution is 0.102. The van der Waals surface area contributed by atoms with Crippen molar-refractivity contribution in [2.24, 2.45) is 0 Å². The SMILES string of the molecule is COc1cc(Cl)c(C)cc1NC(=O)c1ccc(F)c(C)c1. The van der Waals surface area contributed by atoms with Crippen LogP contribution in [0.15, 0.2) is 30.3 Å². The van der Waals surface area contributed by atoms with E-state index >= 15 is 0 Å². The van der Waals surface area contributed by atoms with Gasteiger partial charge in [0.05, 0.1) is 12.8 Å². The summed E-state index contributed by atoms with van der Waals surface area (Å²) in [6.45, 7) is 3.44. The van der Waals surface area contributed by atoms with E-state index in [9.17, 15) is 9.18 Å². The molecule has 0 aliphatic rings. The van der Waals surface area contributed by atoms with Gasteiger partial charge >= 0.3 is 0 Å². The quantitative estimate of drug-likeness (QED) is 0.915. The Kier molecular flexibility index (Phi) is 4.48. The summed E-state index contributed by atoms with van der Waals surface area (Å²) in [4.78, 5) is 12.2. The Bertz CT molecular complexity index is 701. The standard InChI is InChI=1S/C16H15ClFNO2/c1-9-7-14(15(21-3)8-12(9)17)19-16(20)11-4-5-13(18)10(2)6-11/h4-8H,1-3H3,(H,19,20). The number of methoxy groups -OCH3 is 1. The van der Waals surface area contributed by atoms with Gasteiger partial charge in [-0.25, -0.2) is 4.39 Å². The van der Waals surface area contributed by atoms with Crippen molar-refractivity contribution in [3.63, 3.8) is 0 Å². The highest BCUT2D eigenvalue weighted by Gasteiger charge is 2.12. The number of benzene rings is 2. The first-order valence-corrected chi connectivity index (χ1v) is 6.72. The number of rotatable bonds is 3. The molecule has 0 radical (unpaired) electrons. The molecule has 1 amide bonds. The van der Waals surface area contributed by atoms with Crippen molar-refractivity contribution in [2.75, 3.05) is 12.4 Å². The number of nitrogens with one attached hydrogen (secondary N) is 1. The first-order chi connectivity index (χ1) is 9.92. The highest BCUT2D eigenvalue weighted by molar-refractivity contribution is 6.31. The zero-order valence-electron chi connectivity index (χ0n) is 12.0. The van der Waals surface area contributed by atoms with Crippen LogP contribution in [0.4, 0.5) is 10.1 Å². The van der Waals surface area contributed by atoms with Crippen molar-refractivity contribution in [3.05, 3.63) is 57.9 Å². The fraction of sp³-hybridized carbons (Fsp3) is 0.188. The van der Waals surface area contributed by atoms with Crippen LogP contribution in [0, 0.1) is 19.7 Å². The summed E-state index contributed by atoms with van der Waals surface area (Å²) in [7, 11) is 1.50. The number of hydrogen-bond donors (Lipinski definition) is 1. The van der Waals surface area contributed by atoms with Crippen LogP contribution in [0.1, 0.15) is 21.5 Å². The first-order valence-electron chi connectivity index (χ1n) is 6.34. The van der Waals surface area contributed by atoms with Crippen LogP contribution in [-0.4, -0.2) is 13.0 Å². The predicted molar refractivity (Wildman–Crippen MR) is 81.8 cm³/mol. The van der Waals surface area contributed by atoms with E-state index in [1.54, 1.807) is 19.1 Å². The normalized spacial score (nSPS) is 10.3. The average Bonchev–Trinajstić information content (AvgIpc) is 2.45. The number of anilines is 1. The van der Waals surface area contributed by atoms with Gasteiger partial charge in [0.25, 0.3) is 5.91 Å². The molecule has 0 heterocycles. The summed E-state index contributed by atoms with van der Waals surface area (Å²) in [5.41, 5.74) is 2.14. The average molecular weight is 308 g/mol. The highest BCUT2D eigenvalue weighted by Crippen LogP contribution is 2.31. The van der Waals surface area contributed by atoms with Gasteiger partial charge in [-0.1, -0.05) is 11.6 Å². The van der Waals surface area contributed by atoms with Crippen molar-refractivity contribution in [3.8, 4) is 5.75 Å². The van der Waals surface area contributed by atoms with Gasteiger partial charge in [0.2, 0.25) is 0 Å². The maximum atomic E-state index is 13.2. The lowest BCUT2D eigenvalue weighted by atomic mass is 10.1. The summed E-state index contributed by atoms with van der Waals surface area (Å²) in [5.74, 6) is -0.206. The summed E-state index contributed by atoms with van der Waals surface area (Å²) in [6.07, 6.45) is 0. The summed E-state index contributed by atoms with van der Waals surface area (Å²) in [5, 5.41) is 3.31. The van der Waals surface area contributed by atoms with E-state index in [-0.39, 0.29) is 11.7 Å². The van der Waals surface area contributed by atoms with Gasteiger partial charge in [0.1, 0.15) is 11.6 Å². The topological polar surface area (TPSA) is 38.3 Å². The Hall–Kier alpha value is -2.07. The van der Waals surface area contributed by atoms with Crippen LogP contribution >= 0.6 is 11.6 Å². The minimum absolute atomic E-state index is 0.335. The van der Waals surface area contributed by atoms with E-state index in [2.05, 4.69) is 5.32 Å². The molecule has 3 nitrogen and oxygen atoms in total. The molecule has 2 aromatic carbocycles. The number of carbonyl (C=O) groups is 1. The zero-order valence-corrected chi connectivity index (χ0v) is 12.7. The predicted octanol–water partition coefficient (Wildman–Crippen LogP) is 4.36. The Morgan fingerprint density at radius 1 is 1.19 bits per heavy atom. The Morgan fingerprint density at radius 3 is 2.52 bits per heavy atom. The third kappa shape index (κ3) is 3.34. The summed E-state index contributed by atoms with van der Waals surface area (Å²) in [6, 6.07) is 7.58. The van der Waals surface area contributed by atoms with Crippen LogP contribution < -0.4 is 10.1 Å². The van der Waals surface area contributed by atoms with Gasteiger partial charge in [-0.15, -0.1) is 0 Å². The monoisotopic (exact) mass is 307 g/mol. The fourth-order valence-electron chi connectivity index (χ4n) is 1.91. The second-order valence-electron chi connectivity index (χ2n) is 4.72. The molecule has 110 valence electrons. The van der Waals surface area contributed by atoms with E-state index in [0.29, 0.717) is 27.6 Å². The molecule has 2 rings (SSSR count). The molecule has 0 aliphatic carbocycles. The number of amides is 1. The number of hydrogen-bond acceptors (Lipinski definition) is 2. The van der Waals surface area contributed by atoms with Crippen molar-refractivity contribution in [2.45, 2.75) is 13.8 Å². The second-order valence-corrected chi connectivity index (χ2v) is 5.13. The molecule has 0 aliphatic heterocycles. The molecule has 1 N–H and O–H groups in total. The molecule has 0 unspecified atom stereocenters. The molecular formula is C16H15ClFNO2. The summed E-state index contributed by atoms with van der Waals surface area (Å²) >= 11 is 6.02. The van der Waals surface area contributed by atoms with Crippen molar-refractivity contribution in [1.82, 2.24) is 0 Å². The lowest BCUT2D eigenvalue weighted by Crippen LogP contribution is -2.13. The third-order valence-corrected chi connectivity index (χ3v) is 3.56. The van der Waals surface area contributed by atoms with Crippen LogP contribution in [0.5, 0.6) is 5.75 Å². The van der Waals surface area contributed by atoms with Gasteiger partial charge in [-0.3, -0.25) is 4.79 Å². The molecule has 21 heavy (non-hydrogen) atoms. The number of carbonyl (C=O) groups excluding carboxylic acids is 1. The second kappa shape index (κ2) is 6.14. The minimum Gasteiger partial charge on any atom is -0.495 e. The molecule has 0 saturated carbocycles. The van der Waals surface area contributed by atoms with Gasteiger partial charge in [0.15, 0.2) is 0 Å². The molecule has 0 fully saturated rings. The van der Waals surface area contributed by atoms with Crippen molar-refractivity contribution >= 4 is 23.2 Å². The maximum absolute atomic E-state index is 13.2. The van der Waals surface area contributed by atoms with E-state index in [0.717, 1.165) is 5.56 Å². The van der Waals surface area contributed by atoms with Crippen molar-refractivity contribution in [1.29, 1.82) is 0 Å². The van der Waals surface area contributed by atoms with Gasteiger partial charge in [-0.05, 0) is 49.2 Å². The van der Waals surface area contributed by atoms with Crippen LogP contribution in [0.2, 0.25) is 5.02 Å². The number of ether oxygens (including phenoxy) is 1. The van der Waals surface area contributed by atoms with Crippen molar-refractivity contribution < 1.29 is 13.9 Å². The molecule has 5 heteroatoms. The lowest BCUT2D eigenvalue weighted by Gasteiger charge is -2.12. The van der Waals surface area contributed by atoms with Crippen LogP contribution in [-0.2, 0) is 0 Å². The molecule has 2 aromatic rings. The summed E-state index contributed by atoms with van der Waals surface area (Å²) < 4.78 is 18.4. The molecule has 0 saturated heterocycles. The van der Waals surface area contributed by atoms with Gasteiger partial charge in [0, 0.05) is 16.7 Å². The molecule has 0 aromatic heterocycles. The van der Waals surface area contributed by atoms with Crippen LogP contribution in [0.3, 0.4) is 0 Å². The Labute approximate surface area is 127 Å². The Morgan fingerprint density at radius 2 is 1.90 bits per heavy atom. The van der Waals surface area contributed by atoms with E-state index in [1.165, 1.54) is 25.3 Å². The van der Waals surface area contributed by atoms with E-state index < -0.39 is 0 Å². The molecule has 0 bridgehead atoms. The Balaban J connectivity index is 2.31. The largest absolute Gasteiger partial charge is 0.495 e. The zero-order chi connectivity index (χ0) is 15.6. The van der Waals surface area contributed by atoms with Gasteiger partial charge < -0.3 is 10.1 Å². The van der Waals surface area contributed by atoms with Crippen LogP contribution in [0.25, 0.3) is 0 Å². The number of aryl methyl sites for hydroxylation is 2.